The fourth-order valence-electron chi connectivity index (χ4n) is 2.57. The van der Waals surface area contributed by atoms with Crippen LogP contribution in [0.4, 0.5) is 0 Å². The summed E-state index contributed by atoms with van der Waals surface area (Å²) in [5.74, 6) is -0.655. The molecule has 124 valence electrons. The molecule has 0 unspecified atom stereocenters. The van der Waals surface area contributed by atoms with Crippen molar-refractivity contribution in [3.05, 3.63) is 93.9 Å². The van der Waals surface area contributed by atoms with Gasteiger partial charge in [-0.1, -0.05) is 48.6 Å². The first-order valence-corrected chi connectivity index (χ1v) is 7.77. The fourth-order valence-corrected chi connectivity index (χ4v) is 2.57. The van der Waals surface area contributed by atoms with Crippen LogP contribution in [0.5, 0.6) is 5.75 Å². The first-order valence-electron chi connectivity index (χ1n) is 7.77. The zero-order valence-electron chi connectivity index (χ0n) is 13.6. The van der Waals surface area contributed by atoms with Gasteiger partial charge in [-0.2, -0.15) is 0 Å². The minimum absolute atomic E-state index is 0.0114. The lowest BCUT2D eigenvalue weighted by Gasteiger charge is -2.06. The van der Waals surface area contributed by atoms with Crippen LogP contribution in [0.3, 0.4) is 0 Å². The van der Waals surface area contributed by atoms with Crippen LogP contribution in [0.2, 0.25) is 0 Å². The van der Waals surface area contributed by atoms with Crippen molar-refractivity contribution in [3.63, 3.8) is 0 Å². The molecule has 0 amide bonds. The van der Waals surface area contributed by atoms with Crippen LogP contribution >= 0.6 is 0 Å². The molecular weight excluding hydrogens is 316 g/mol. The van der Waals surface area contributed by atoms with Gasteiger partial charge in [0, 0.05) is 11.5 Å². The molecule has 1 aromatic heterocycles. The van der Waals surface area contributed by atoms with Gasteiger partial charge in [0.05, 0.1) is 0 Å². The van der Waals surface area contributed by atoms with Gasteiger partial charge in [-0.3, -0.25) is 4.79 Å². The quantitative estimate of drug-likeness (QED) is 0.335. The van der Waals surface area contributed by atoms with Gasteiger partial charge in [0.25, 0.3) is 0 Å². The highest BCUT2D eigenvalue weighted by Gasteiger charge is 2.16. The number of benzene rings is 2. The molecule has 0 aliphatic rings. The van der Waals surface area contributed by atoms with E-state index in [9.17, 15) is 14.7 Å². The molecule has 1 N–H and O–H groups in total. The Morgan fingerprint density at radius 1 is 1.08 bits per heavy atom. The molecule has 0 saturated carbocycles. The van der Waals surface area contributed by atoms with Gasteiger partial charge in [0.1, 0.15) is 11.3 Å². The zero-order valence-corrected chi connectivity index (χ0v) is 13.6. The third-order valence-corrected chi connectivity index (χ3v) is 3.79. The Hall–Kier alpha value is -3.40. The number of allylic oxidation sites excluding steroid dienone is 3. The number of fused-ring (bicyclic) bond motifs is 1. The minimum atomic E-state index is -0.558. The van der Waals surface area contributed by atoms with E-state index < -0.39 is 11.4 Å². The van der Waals surface area contributed by atoms with E-state index in [0.29, 0.717) is 10.9 Å². The van der Waals surface area contributed by atoms with Crippen LogP contribution in [-0.2, 0) is 0 Å². The van der Waals surface area contributed by atoms with Crippen LogP contribution in [0, 0.1) is 6.92 Å². The van der Waals surface area contributed by atoms with E-state index in [2.05, 4.69) is 0 Å². The summed E-state index contributed by atoms with van der Waals surface area (Å²) in [5, 5.41) is 10.7. The number of carbonyl (C=O) groups is 1. The van der Waals surface area contributed by atoms with Crippen molar-refractivity contribution in [3.8, 4) is 5.75 Å². The Labute approximate surface area is 144 Å². The first kappa shape index (κ1) is 16.5. The lowest BCUT2D eigenvalue weighted by atomic mass is 10.0. The molecule has 4 heteroatoms. The van der Waals surface area contributed by atoms with Gasteiger partial charge in [-0.15, -0.1) is 0 Å². The summed E-state index contributed by atoms with van der Waals surface area (Å²) in [6, 6.07) is 14.1. The molecule has 0 fully saturated rings. The van der Waals surface area contributed by atoms with Gasteiger partial charge in [-0.25, -0.2) is 4.79 Å². The van der Waals surface area contributed by atoms with Crippen LogP contribution in [-0.4, -0.2) is 10.9 Å². The number of phenolic OH excluding ortho intramolecular Hbond substituents is 1. The molecule has 3 rings (SSSR count). The van der Waals surface area contributed by atoms with E-state index in [4.69, 9.17) is 4.42 Å². The standard InChI is InChI=1S/C21H16O4/c1-14-13-19(24)25-21-16(14)11-12-18(23)20(21)17(22)10-6-5-9-15-7-3-2-4-8-15/h2-13,23H,1H3/b9-5+,10-6+. The Bertz CT molecular complexity index is 1040. The number of ketones is 1. The van der Waals surface area contributed by atoms with Crippen LogP contribution in [0.1, 0.15) is 21.5 Å². The Balaban J connectivity index is 1.94. The Morgan fingerprint density at radius 2 is 1.84 bits per heavy atom. The predicted molar refractivity (Wildman–Crippen MR) is 97.8 cm³/mol. The SMILES string of the molecule is Cc1cc(=O)oc2c(C(=O)/C=C/C=C/c3ccccc3)c(O)ccc12. The summed E-state index contributed by atoms with van der Waals surface area (Å²) in [6.45, 7) is 1.75. The second-order valence-corrected chi connectivity index (χ2v) is 5.58. The molecule has 1 heterocycles. The molecule has 3 aromatic rings. The molecule has 4 nitrogen and oxygen atoms in total. The van der Waals surface area contributed by atoms with E-state index >= 15 is 0 Å². The number of hydrogen-bond donors (Lipinski definition) is 1. The van der Waals surface area contributed by atoms with Crippen molar-refractivity contribution in [2.75, 3.05) is 0 Å². The summed E-state index contributed by atoms with van der Waals surface area (Å²) >= 11 is 0. The summed E-state index contributed by atoms with van der Waals surface area (Å²) in [6.07, 6.45) is 6.51. The average molecular weight is 332 g/mol. The van der Waals surface area contributed by atoms with Crippen molar-refractivity contribution in [2.24, 2.45) is 0 Å². The van der Waals surface area contributed by atoms with Gasteiger partial charge in [0.15, 0.2) is 11.4 Å². The van der Waals surface area contributed by atoms with E-state index in [1.807, 2.05) is 36.4 Å². The van der Waals surface area contributed by atoms with E-state index in [1.54, 1.807) is 25.1 Å². The summed E-state index contributed by atoms with van der Waals surface area (Å²) in [7, 11) is 0. The summed E-state index contributed by atoms with van der Waals surface area (Å²) < 4.78 is 5.16. The molecule has 0 aliphatic heterocycles. The molecule has 0 saturated heterocycles. The number of rotatable bonds is 4. The van der Waals surface area contributed by atoms with Crippen LogP contribution in [0.15, 0.2) is 76.0 Å². The highest BCUT2D eigenvalue weighted by Crippen LogP contribution is 2.28. The Morgan fingerprint density at radius 3 is 2.60 bits per heavy atom. The summed E-state index contributed by atoms with van der Waals surface area (Å²) in [4.78, 5) is 24.1. The number of hydrogen-bond acceptors (Lipinski definition) is 4. The van der Waals surface area contributed by atoms with E-state index in [0.717, 1.165) is 5.56 Å². The normalized spacial score (nSPS) is 11.6. The third-order valence-electron chi connectivity index (χ3n) is 3.79. The van der Waals surface area contributed by atoms with Crippen LogP contribution < -0.4 is 5.63 Å². The minimum Gasteiger partial charge on any atom is -0.507 e. The van der Waals surface area contributed by atoms with Crippen molar-refractivity contribution in [2.45, 2.75) is 6.92 Å². The van der Waals surface area contributed by atoms with E-state index in [1.165, 1.54) is 18.2 Å². The second-order valence-electron chi connectivity index (χ2n) is 5.58. The van der Waals surface area contributed by atoms with Gasteiger partial charge < -0.3 is 9.52 Å². The first-order chi connectivity index (χ1) is 12.1. The lowest BCUT2D eigenvalue weighted by molar-refractivity contribution is 0.104. The third kappa shape index (κ3) is 3.58. The number of aromatic hydroxyl groups is 1. The monoisotopic (exact) mass is 332 g/mol. The maximum Gasteiger partial charge on any atom is 0.336 e. The molecule has 0 radical (unpaired) electrons. The Kier molecular flexibility index (Phi) is 4.61. The van der Waals surface area contributed by atoms with Crippen molar-refractivity contribution in [1.82, 2.24) is 0 Å². The highest BCUT2D eigenvalue weighted by atomic mass is 16.4. The highest BCUT2D eigenvalue weighted by molar-refractivity contribution is 6.14. The largest absolute Gasteiger partial charge is 0.507 e. The van der Waals surface area contributed by atoms with Crippen molar-refractivity contribution >= 4 is 22.8 Å². The molecular formula is C21H16O4. The molecule has 0 atom stereocenters. The van der Waals surface area contributed by atoms with Crippen molar-refractivity contribution in [1.29, 1.82) is 0 Å². The second kappa shape index (κ2) is 7.01. The van der Waals surface area contributed by atoms with Gasteiger partial charge in [0.2, 0.25) is 0 Å². The zero-order chi connectivity index (χ0) is 17.8. The summed E-state index contributed by atoms with van der Waals surface area (Å²) in [5.41, 5.74) is 1.23. The predicted octanol–water partition coefficient (Wildman–Crippen LogP) is 4.26. The number of aryl methyl sites for hydroxylation is 1. The number of phenols is 1. The average Bonchev–Trinajstić information content (AvgIpc) is 2.59. The topological polar surface area (TPSA) is 67.5 Å². The molecule has 2 aromatic carbocycles. The molecule has 25 heavy (non-hydrogen) atoms. The maximum atomic E-state index is 12.5. The fraction of sp³-hybridized carbons (Fsp3) is 0.0476. The van der Waals surface area contributed by atoms with E-state index in [-0.39, 0.29) is 16.9 Å². The molecule has 0 spiro atoms. The van der Waals surface area contributed by atoms with Crippen molar-refractivity contribution < 1.29 is 14.3 Å². The van der Waals surface area contributed by atoms with Gasteiger partial charge in [-0.05, 0) is 36.3 Å². The smallest absolute Gasteiger partial charge is 0.336 e. The number of carbonyl (C=O) groups excluding carboxylic acids is 1. The molecule has 0 bridgehead atoms. The lowest BCUT2D eigenvalue weighted by Crippen LogP contribution is -2.03. The van der Waals surface area contributed by atoms with Crippen LogP contribution in [0.25, 0.3) is 17.0 Å². The van der Waals surface area contributed by atoms with Gasteiger partial charge >= 0.3 is 5.63 Å². The molecule has 0 aliphatic carbocycles. The maximum absolute atomic E-state index is 12.5.